The first-order valence-corrected chi connectivity index (χ1v) is 2.08. The van der Waals surface area contributed by atoms with Gasteiger partial charge in [0.15, 0.2) is 0 Å². The van der Waals surface area contributed by atoms with E-state index in [0.29, 0.717) is 0 Å². The summed E-state index contributed by atoms with van der Waals surface area (Å²) < 4.78 is 8.46. The summed E-state index contributed by atoms with van der Waals surface area (Å²) in [6.07, 6.45) is 0. The van der Waals surface area contributed by atoms with Crippen LogP contribution < -0.4 is 0 Å². The van der Waals surface area contributed by atoms with Crippen LogP contribution in [0.15, 0.2) is 0 Å². The third kappa shape index (κ3) is 4170. The number of hydrogen-bond acceptors (Lipinski definition) is 2. The van der Waals surface area contributed by atoms with E-state index in [4.69, 9.17) is 19.4 Å². The zero-order chi connectivity index (χ0) is 6.28. The van der Waals surface area contributed by atoms with Gasteiger partial charge in [0.2, 0.25) is 0 Å². The summed E-state index contributed by atoms with van der Waals surface area (Å²) in [6, 6.07) is 0. The van der Waals surface area contributed by atoms with Crippen LogP contribution in [0.3, 0.4) is 0 Å². The average Bonchev–Trinajstić information content (AvgIpc) is 1.33. The molecule has 0 unspecified atom stereocenters. The monoisotopic (exact) mass is 160 g/mol. The highest BCUT2D eigenvalue weighted by atomic mass is 35.5. The minimum absolute atomic E-state index is 0. The van der Waals surface area contributed by atoms with E-state index in [0.717, 1.165) is 6.92 Å². The summed E-state index contributed by atoms with van der Waals surface area (Å²) in [6.45, 7) is 1.08. The number of carboxylic acids is 1. The van der Waals surface area contributed by atoms with Crippen LogP contribution in [-0.2, 0) is 9.36 Å². The fourth-order valence-electron chi connectivity index (χ4n) is 0. The van der Waals surface area contributed by atoms with Crippen LogP contribution in [-0.4, -0.2) is 16.0 Å². The second-order valence-corrected chi connectivity index (χ2v) is 0.764. The van der Waals surface area contributed by atoms with E-state index in [2.05, 4.69) is 0 Å². The van der Waals surface area contributed by atoms with Crippen LogP contribution in [0.1, 0.15) is 6.92 Å². The number of halogens is 1. The van der Waals surface area contributed by atoms with Gasteiger partial charge in [-0.25, -0.2) is 4.57 Å². The van der Waals surface area contributed by atoms with Crippen LogP contribution in [0.2, 0.25) is 0 Å². The average molecular weight is 160 g/mol. The topological polar surface area (TPSA) is 74.6 Å². The van der Waals surface area contributed by atoms with Crippen molar-refractivity contribution in [1.82, 2.24) is 0 Å². The van der Waals surface area contributed by atoms with Crippen molar-refractivity contribution in [2.75, 3.05) is 0 Å². The van der Waals surface area contributed by atoms with E-state index in [9.17, 15) is 0 Å². The van der Waals surface area contributed by atoms with E-state index in [1.165, 1.54) is 0 Å². The number of aliphatic carboxylic acids is 1. The maximum Gasteiger partial charge on any atom is 0.324 e. The lowest BCUT2D eigenvalue weighted by Crippen LogP contribution is -1.78. The Bertz CT molecular complexity index is 61.1. The fourth-order valence-corrected chi connectivity index (χ4v) is 0. The van der Waals surface area contributed by atoms with Crippen LogP contribution in [0.5, 0.6) is 0 Å². The van der Waals surface area contributed by atoms with Crippen molar-refractivity contribution in [2.24, 2.45) is 0 Å². The summed E-state index contributed by atoms with van der Waals surface area (Å²) in [4.78, 5) is 16.0. The van der Waals surface area contributed by atoms with Gasteiger partial charge in [-0.15, -0.1) is 12.4 Å². The summed E-state index contributed by atoms with van der Waals surface area (Å²) in [5.74, 6) is -0.833. The minimum atomic E-state index is -0.833. The number of hydrogen-bond donors (Lipinski definition) is 2. The van der Waals surface area contributed by atoms with Gasteiger partial charge in [0, 0.05) is 6.92 Å². The SMILES string of the molecule is CC(=O)O.Cl.O=PO. The molecule has 0 amide bonds. The molecule has 2 N–H and O–H groups in total. The quantitative estimate of drug-likeness (QED) is 0.512. The first kappa shape index (κ1) is 15.7. The van der Waals surface area contributed by atoms with Gasteiger partial charge in [-0.3, -0.25) is 4.79 Å². The predicted molar refractivity (Wildman–Crippen MR) is 30.4 cm³/mol. The molecule has 0 spiro atoms. The van der Waals surface area contributed by atoms with Gasteiger partial charge in [0.1, 0.15) is 0 Å². The molecular weight excluding hydrogens is 154 g/mol. The predicted octanol–water partition coefficient (Wildman–Crippen LogP) is 0.698. The molecule has 0 rings (SSSR count). The van der Waals surface area contributed by atoms with Gasteiger partial charge in [-0.1, -0.05) is 0 Å². The Morgan fingerprint density at radius 3 is 1.62 bits per heavy atom. The van der Waals surface area contributed by atoms with E-state index in [1.807, 2.05) is 0 Å². The van der Waals surface area contributed by atoms with Crippen molar-refractivity contribution >= 4 is 27.1 Å². The molecule has 0 aromatic carbocycles. The van der Waals surface area contributed by atoms with Gasteiger partial charge in [-0.2, -0.15) is 0 Å². The van der Waals surface area contributed by atoms with Crippen LogP contribution in [0, 0.1) is 0 Å². The molecule has 6 heteroatoms. The van der Waals surface area contributed by atoms with E-state index in [-0.39, 0.29) is 12.4 Å². The highest BCUT2D eigenvalue weighted by molar-refractivity contribution is 7.16. The summed E-state index contributed by atoms with van der Waals surface area (Å²) in [7, 11) is -0.833. The molecule has 0 aliphatic heterocycles. The molecule has 0 radical (unpaired) electrons. The molecule has 0 aromatic heterocycles. The van der Waals surface area contributed by atoms with E-state index < -0.39 is 14.7 Å². The van der Waals surface area contributed by atoms with E-state index >= 15 is 0 Å². The molecule has 8 heavy (non-hydrogen) atoms. The maximum absolute atomic E-state index is 9.00. The Morgan fingerprint density at radius 2 is 1.62 bits per heavy atom. The third-order valence-electron chi connectivity index (χ3n) is 0. The molecule has 50 valence electrons. The van der Waals surface area contributed by atoms with Crippen LogP contribution in [0.25, 0.3) is 0 Å². The van der Waals surface area contributed by atoms with Gasteiger partial charge < -0.3 is 10.00 Å². The molecular formula is C2H6ClO4P. The van der Waals surface area contributed by atoms with Gasteiger partial charge in [-0.05, 0) is 0 Å². The molecule has 0 aliphatic rings. The first-order valence-electron chi connectivity index (χ1n) is 1.31. The molecule has 0 atom stereocenters. The third-order valence-corrected chi connectivity index (χ3v) is 0. The number of carboxylic acid groups (broad SMARTS) is 1. The minimum Gasteiger partial charge on any atom is -0.481 e. The largest absolute Gasteiger partial charge is 0.481 e. The van der Waals surface area contributed by atoms with Crippen molar-refractivity contribution in [3.63, 3.8) is 0 Å². The van der Waals surface area contributed by atoms with Gasteiger partial charge in [0.25, 0.3) is 5.97 Å². The highest BCUT2D eigenvalue weighted by Crippen LogP contribution is 1.66. The van der Waals surface area contributed by atoms with Gasteiger partial charge >= 0.3 is 8.69 Å². The molecule has 0 saturated heterocycles. The Kier molecular flexibility index (Phi) is 31.0. The molecule has 0 aliphatic carbocycles. The fraction of sp³-hybridized carbons (Fsp3) is 0.500. The standard InChI is InChI=1S/C2H4O2.ClH.HO2P/c1-2(3)4;;1-3-2/h1H3,(H,3,4);1H;(H,1,2). The molecule has 0 heterocycles. The Balaban J connectivity index is -0.0000000575. The normalized spacial score (nSPS) is 5.75. The molecule has 0 bridgehead atoms. The maximum atomic E-state index is 9.00. The van der Waals surface area contributed by atoms with Crippen LogP contribution in [0.4, 0.5) is 0 Å². The lowest BCUT2D eigenvalue weighted by molar-refractivity contribution is -0.134. The smallest absolute Gasteiger partial charge is 0.324 e. The van der Waals surface area contributed by atoms with Crippen LogP contribution >= 0.6 is 21.1 Å². The Labute approximate surface area is 54.2 Å². The summed E-state index contributed by atoms with van der Waals surface area (Å²) in [5, 5.41) is 7.42. The summed E-state index contributed by atoms with van der Waals surface area (Å²) in [5.41, 5.74) is 0. The first-order chi connectivity index (χ1) is 3.15. The lowest BCUT2D eigenvalue weighted by Gasteiger charge is -1.59. The van der Waals surface area contributed by atoms with Gasteiger partial charge in [0.05, 0.1) is 0 Å². The number of rotatable bonds is 0. The Hall–Kier alpha value is -0.180. The van der Waals surface area contributed by atoms with Crippen molar-refractivity contribution in [2.45, 2.75) is 6.92 Å². The second kappa shape index (κ2) is 15.8. The molecule has 0 fully saturated rings. The number of carbonyl (C=O) groups is 1. The zero-order valence-electron chi connectivity index (χ0n) is 4.07. The zero-order valence-corrected chi connectivity index (χ0v) is 5.78. The van der Waals surface area contributed by atoms with Crippen molar-refractivity contribution in [3.8, 4) is 0 Å². The highest BCUT2D eigenvalue weighted by Gasteiger charge is 1.65. The van der Waals surface area contributed by atoms with Crippen molar-refractivity contribution < 1.29 is 19.4 Å². The van der Waals surface area contributed by atoms with Crippen molar-refractivity contribution in [3.05, 3.63) is 0 Å². The van der Waals surface area contributed by atoms with Crippen molar-refractivity contribution in [1.29, 1.82) is 0 Å². The molecule has 4 nitrogen and oxygen atoms in total. The molecule has 0 saturated carbocycles. The lowest BCUT2D eigenvalue weighted by atomic mass is 10.9. The molecule has 0 aromatic rings. The second-order valence-electron chi connectivity index (χ2n) is 0.601. The van der Waals surface area contributed by atoms with E-state index in [1.54, 1.807) is 0 Å². The Morgan fingerprint density at radius 1 is 1.62 bits per heavy atom. The summed E-state index contributed by atoms with van der Waals surface area (Å²) >= 11 is 0.